The lowest BCUT2D eigenvalue weighted by Crippen LogP contribution is -2.53. The molecule has 1 fully saturated rings. The van der Waals surface area contributed by atoms with Crippen LogP contribution in [0.2, 0.25) is 0 Å². The number of nitrogens with zero attached hydrogens (tertiary/aromatic N) is 1. The summed E-state index contributed by atoms with van der Waals surface area (Å²) in [5.74, 6) is -5.00. The lowest BCUT2D eigenvalue weighted by Gasteiger charge is -2.23. The molecule has 3 rings (SSSR count). The van der Waals surface area contributed by atoms with Crippen LogP contribution in [0.25, 0.3) is 0 Å². The van der Waals surface area contributed by atoms with Gasteiger partial charge < -0.3 is 5.32 Å². The number of alkyl halides is 2. The predicted octanol–water partition coefficient (Wildman–Crippen LogP) is 2.59. The van der Waals surface area contributed by atoms with Crippen molar-refractivity contribution in [2.45, 2.75) is 36.1 Å². The first-order valence-corrected chi connectivity index (χ1v) is 12.0. The molecule has 1 amide bonds. The third-order valence-electron chi connectivity index (χ3n) is 4.75. The maximum absolute atomic E-state index is 14.4. The molecular formula is C20H21F2N3O3S2. The van der Waals surface area contributed by atoms with E-state index in [1.54, 1.807) is 30.3 Å². The van der Waals surface area contributed by atoms with Crippen LogP contribution >= 0.6 is 11.3 Å². The predicted molar refractivity (Wildman–Crippen MR) is 110 cm³/mol. The first kappa shape index (κ1) is 22.3. The fraction of sp³-hybridized carbons (Fsp3) is 0.400. The summed E-state index contributed by atoms with van der Waals surface area (Å²) in [6, 6.07) is 11.8. The molecule has 1 atom stereocenters. The minimum atomic E-state index is -3.79. The van der Waals surface area contributed by atoms with Crippen LogP contribution in [0, 0.1) is 11.3 Å². The summed E-state index contributed by atoms with van der Waals surface area (Å²) in [5.41, 5.74) is -0.493. The van der Waals surface area contributed by atoms with Crippen molar-refractivity contribution in [1.82, 2.24) is 10.6 Å². The van der Waals surface area contributed by atoms with Crippen LogP contribution < -0.4 is 10.6 Å². The molecule has 0 bridgehead atoms. The quantitative estimate of drug-likeness (QED) is 0.576. The number of sulfone groups is 1. The molecule has 0 unspecified atom stereocenters. The van der Waals surface area contributed by atoms with Crippen LogP contribution in [-0.4, -0.2) is 38.2 Å². The SMILES string of the molecule is N#CC1(NC(=O)[C@H](CS(=O)(=O)Cc2ccccc2)NCC(F)(F)c2cccs2)CC1. The molecule has 160 valence electrons. The number of benzene rings is 1. The summed E-state index contributed by atoms with van der Waals surface area (Å²) in [7, 11) is -3.79. The van der Waals surface area contributed by atoms with Crippen LogP contribution in [0.5, 0.6) is 0 Å². The molecule has 6 nitrogen and oxygen atoms in total. The molecule has 2 aromatic rings. The highest BCUT2D eigenvalue weighted by Crippen LogP contribution is 2.34. The fourth-order valence-electron chi connectivity index (χ4n) is 2.91. The van der Waals surface area contributed by atoms with E-state index in [4.69, 9.17) is 0 Å². The van der Waals surface area contributed by atoms with Crippen LogP contribution in [0.3, 0.4) is 0 Å². The van der Waals surface area contributed by atoms with Gasteiger partial charge in [0.1, 0.15) is 11.6 Å². The number of hydrogen-bond acceptors (Lipinski definition) is 6. The van der Waals surface area contributed by atoms with Crippen LogP contribution in [0.15, 0.2) is 47.8 Å². The van der Waals surface area contributed by atoms with E-state index < -0.39 is 45.5 Å². The van der Waals surface area contributed by atoms with Gasteiger partial charge in [0.25, 0.3) is 5.92 Å². The van der Waals surface area contributed by atoms with Gasteiger partial charge in [0, 0.05) is 0 Å². The summed E-state index contributed by atoms with van der Waals surface area (Å²) >= 11 is 0.877. The molecule has 2 N–H and O–H groups in total. The van der Waals surface area contributed by atoms with Gasteiger partial charge in [-0.1, -0.05) is 36.4 Å². The van der Waals surface area contributed by atoms with E-state index in [1.165, 1.54) is 17.5 Å². The Labute approximate surface area is 177 Å². The van der Waals surface area contributed by atoms with E-state index in [1.807, 2.05) is 6.07 Å². The molecule has 0 spiro atoms. The Morgan fingerprint density at radius 1 is 1.23 bits per heavy atom. The van der Waals surface area contributed by atoms with Gasteiger partial charge >= 0.3 is 0 Å². The molecule has 1 saturated carbocycles. The van der Waals surface area contributed by atoms with Gasteiger partial charge in [-0.2, -0.15) is 14.0 Å². The van der Waals surface area contributed by atoms with E-state index in [-0.39, 0.29) is 10.6 Å². The zero-order valence-corrected chi connectivity index (χ0v) is 17.6. The van der Waals surface area contributed by atoms with Crippen molar-refractivity contribution in [2.24, 2.45) is 0 Å². The minimum absolute atomic E-state index is 0.183. The van der Waals surface area contributed by atoms with Crippen LogP contribution in [-0.2, 0) is 26.3 Å². The van der Waals surface area contributed by atoms with Crippen LogP contribution in [0.4, 0.5) is 8.78 Å². The Bertz CT molecular complexity index is 1020. The molecule has 1 heterocycles. The number of halogens is 2. The number of rotatable bonds is 10. The number of nitriles is 1. The third-order valence-corrected chi connectivity index (χ3v) is 7.34. The maximum Gasteiger partial charge on any atom is 0.294 e. The summed E-state index contributed by atoms with van der Waals surface area (Å²) in [6.45, 7) is -0.897. The number of carbonyl (C=O) groups excluding carboxylic acids is 1. The van der Waals surface area contributed by atoms with Crippen molar-refractivity contribution in [3.8, 4) is 6.07 Å². The number of carbonyl (C=O) groups is 1. The smallest absolute Gasteiger partial charge is 0.294 e. The third kappa shape index (κ3) is 5.84. The van der Waals surface area contributed by atoms with E-state index >= 15 is 0 Å². The number of amides is 1. The molecule has 1 aliphatic rings. The first-order valence-electron chi connectivity index (χ1n) is 9.28. The van der Waals surface area contributed by atoms with Gasteiger partial charge in [-0.15, -0.1) is 11.3 Å². The second-order valence-electron chi connectivity index (χ2n) is 7.34. The largest absolute Gasteiger partial charge is 0.336 e. The average molecular weight is 454 g/mol. The number of thiophene rings is 1. The maximum atomic E-state index is 14.4. The number of hydrogen-bond donors (Lipinski definition) is 2. The zero-order chi connectivity index (χ0) is 21.8. The van der Waals surface area contributed by atoms with E-state index in [0.29, 0.717) is 18.4 Å². The summed E-state index contributed by atoms with van der Waals surface area (Å²) in [6.07, 6.45) is 0.897. The van der Waals surface area contributed by atoms with E-state index in [2.05, 4.69) is 10.6 Å². The molecule has 30 heavy (non-hydrogen) atoms. The highest BCUT2D eigenvalue weighted by molar-refractivity contribution is 7.90. The molecule has 10 heteroatoms. The first-order chi connectivity index (χ1) is 14.1. The van der Waals surface area contributed by atoms with Crippen molar-refractivity contribution in [3.05, 3.63) is 58.3 Å². The Kier molecular flexibility index (Phi) is 6.55. The standard InChI is InChI=1S/C20H21F2N3O3S2/c21-20(22,17-7-4-10-29-17)14-24-16(18(26)25-19(13-23)8-9-19)12-30(27,28)11-15-5-2-1-3-6-15/h1-7,10,16,24H,8-9,11-12,14H2,(H,25,26)/t16-/m0/s1. The fourth-order valence-corrected chi connectivity index (χ4v) is 5.21. The highest BCUT2D eigenvalue weighted by atomic mass is 32.2. The second kappa shape index (κ2) is 8.79. The van der Waals surface area contributed by atoms with Crippen molar-refractivity contribution >= 4 is 27.1 Å². The van der Waals surface area contributed by atoms with Crippen LogP contribution in [0.1, 0.15) is 23.3 Å². The van der Waals surface area contributed by atoms with Crippen molar-refractivity contribution < 1.29 is 22.0 Å². The second-order valence-corrected chi connectivity index (χ2v) is 10.4. The Balaban J connectivity index is 1.73. The minimum Gasteiger partial charge on any atom is -0.336 e. The topological polar surface area (TPSA) is 99.1 Å². The van der Waals surface area contributed by atoms with Gasteiger partial charge in [-0.05, 0) is 29.9 Å². The molecule has 1 aromatic carbocycles. The zero-order valence-electron chi connectivity index (χ0n) is 16.0. The summed E-state index contributed by atoms with van der Waals surface area (Å²) in [4.78, 5) is 12.5. The van der Waals surface area contributed by atoms with Gasteiger partial charge in [0.05, 0.1) is 29.0 Å². The monoisotopic (exact) mass is 453 g/mol. The molecule has 1 aromatic heterocycles. The lowest BCUT2D eigenvalue weighted by atomic mass is 10.2. The Hall–Kier alpha value is -2.35. The van der Waals surface area contributed by atoms with Gasteiger partial charge in [-0.3, -0.25) is 10.1 Å². The molecule has 0 radical (unpaired) electrons. The molecule has 0 saturated heterocycles. The Morgan fingerprint density at radius 2 is 1.93 bits per heavy atom. The van der Waals surface area contributed by atoms with Gasteiger partial charge in [0.15, 0.2) is 9.84 Å². The van der Waals surface area contributed by atoms with E-state index in [0.717, 1.165) is 11.3 Å². The van der Waals surface area contributed by atoms with E-state index in [9.17, 15) is 27.3 Å². The summed E-state index contributed by atoms with van der Waals surface area (Å²) in [5, 5.41) is 15.6. The van der Waals surface area contributed by atoms with Crippen molar-refractivity contribution in [1.29, 1.82) is 5.26 Å². The molecule has 1 aliphatic carbocycles. The van der Waals surface area contributed by atoms with Gasteiger partial charge in [0.2, 0.25) is 5.91 Å². The lowest BCUT2D eigenvalue weighted by molar-refractivity contribution is -0.123. The average Bonchev–Trinajstić information content (AvgIpc) is 3.23. The van der Waals surface area contributed by atoms with Gasteiger partial charge in [-0.25, -0.2) is 8.42 Å². The summed E-state index contributed by atoms with van der Waals surface area (Å²) < 4.78 is 54.1. The van der Waals surface area contributed by atoms with Crippen molar-refractivity contribution in [3.63, 3.8) is 0 Å². The highest BCUT2D eigenvalue weighted by Gasteiger charge is 2.46. The molecule has 0 aliphatic heterocycles. The molecular weight excluding hydrogens is 432 g/mol. The Morgan fingerprint density at radius 3 is 2.50 bits per heavy atom. The normalized spacial score (nSPS) is 16.4. The number of nitrogens with one attached hydrogen (secondary N) is 2. The van der Waals surface area contributed by atoms with Crippen molar-refractivity contribution in [2.75, 3.05) is 12.3 Å².